The highest BCUT2D eigenvalue weighted by atomic mass is 35.5. The number of thiazole rings is 2. The molecular weight excluding hydrogens is 586 g/mol. The second-order valence-corrected chi connectivity index (χ2v) is 13.5. The van der Waals surface area contributed by atoms with E-state index >= 15 is 0 Å². The molecule has 4 aromatic heterocycles. The van der Waals surface area contributed by atoms with Crippen molar-refractivity contribution in [2.75, 3.05) is 12.4 Å². The van der Waals surface area contributed by atoms with Crippen LogP contribution in [-0.4, -0.2) is 42.1 Å². The van der Waals surface area contributed by atoms with Crippen LogP contribution in [-0.2, 0) is 11.2 Å². The highest BCUT2D eigenvalue weighted by Crippen LogP contribution is 2.43. The number of carbonyl (C=O) groups excluding carboxylic acids is 1. The fourth-order valence-corrected chi connectivity index (χ4v) is 8.10. The molecule has 40 heavy (non-hydrogen) atoms. The molecule has 1 N–H and O–H groups in total. The summed E-state index contributed by atoms with van der Waals surface area (Å²) in [6.45, 7) is 0. The number of carbonyl (C=O) groups is 1. The molecule has 2 saturated carbocycles. The standard InChI is InChI=1S/C18H16N4O2S2.C9H8ClN3S/c1-24-12-5-10-6-14(23)25-13(10)7-11(12)21-16-15-18(20-8-19-16)26-17(22-15)9-3-2-4-9;10-7-6-9(12-4-11-7)14-8(13-6)5-2-1-3-5/h5,7-9H,2-4,6H2,1H3,(H,19,20,21);4-5H,1-3H2. The second-order valence-electron chi connectivity index (χ2n) is 9.99. The van der Waals surface area contributed by atoms with E-state index in [9.17, 15) is 4.79 Å². The lowest BCUT2D eigenvalue weighted by molar-refractivity contribution is -0.110. The van der Waals surface area contributed by atoms with Crippen molar-refractivity contribution in [1.82, 2.24) is 29.9 Å². The van der Waals surface area contributed by atoms with E-state index in [2.05, 4.69) is 30.2 Å². The fourth-order valence-electron chi connectivity index (χ4n) is 4.81. The van der Waals surface area contributed by atoms with Gasteiger partial charge in [-0.3, -0.25) is 4.79 Å². The number of ether oxygens (including phenoxy) is 1. The second kappa shape index (κ2) is 10.8. The maximum Gasteiger partial charge on any atom is 0.198 e. The normalized spacial score (nSPS) is 16.8. The van der Waals surface area contributed by atoms with Crippen LogP contribution in [0.1, 0.15) is 65.9 Å². The average molecular weight is 610 g/mol. The van der Waals surface area contributed by atoms with Crippen molar-refractivity contribution in [3.63, 3.8) is 0 Å². The maximum absolute atomic E-state index is 11.7. The Kier molecular flexibility index (Phi) is 7.02. The minimum Gasteiger partial charge on any atom is -0.495 e. The first-order valence-electron chi connectivity index (χ1n) is 13.1. The van der Waals surface area contributed by atoms with Crippen LogP contribution in [0.3, 0.4) is 0 Å². The number of hydrogen-bond donors (Lipinski definition) is 1. The van der Waals surface area contributed by atoms with Crippen molar-refractivity contribution >= 4 is 83.4 Å². The largest absolute Gasteiger partial charge is 0.495 e. The first-order valence-corrected chi connectivity index (χ1v) is 16.0. The summed E-state index contributed by atoms with van der Waals surface area (Å²) in [5.74, 6) is 2.58. The number of methoxy groups -OCH3 is 1. The summed E-state index contributed by atoms with van der Waals surface area (Å²) in [5.41, 5.74) is 3.36. The Morgan fingerprint density at radius 2 is 1.55 bits per heavy atom. The molecule has 2 fully saturated rings. The Bertz CT molecular complexity index is 1750. The molecule has 0 bridgehead atoms. The van der Waals surface area contributed by atoms with Gasteiger partial charge in [0.1, 0.15) is 39.1 Å². The molecule has 0 saturated heterocycles. The Morgan fingerprint density at radius 3 is 2.17 bits per heavy atom. The maximum atomic E-state index is 11.7. The summed E-state index contributed by atoms with van der Waals surface area (Å²) in [5, 5.41) is 6.30. The molecule has 2 aliphatic carbocycles. The Morgan fingerprint density at radius 1 is 0.900 bits per heavy atom. The topological polar surface area (TPSA) is 116 Å². The van der Waals surface area contributed by atoms with E-state index in [1.807, 2.05) is 12.1 Å². The van der Waals surface area contributed by atoms with Crippen LogP contribution in [0.4, 0.5) is 11.5 Å². The monoisotopic (exact) mass is 609 g/mol. The van der Waals surface area contributed by atoms with Crippen LogP contribution < -0.4 is 10.1 Å². The molecule has 3 aliphatic rings. The van der Waals surface area contributed by atoms with Crippen molar-refractivity contribution < 1.29 is 9.53 Å². The highest BCUT2D eigenvalue weighted by molar-refractivity contribution is 8.14. The van der Waals surface area contributed by atoms with Crippen LogP contribution in [0.25, 0.3) is 20.7 Å². The number of anilines is 2. The predicted molar refractivity (Wildman–Crippen MR) is 159 cm³/mol. The smallest absolute Gasteiger partial charge is 0.198 e. The minimum absolute atomic E-state index is 0.160. The molecule has 5 aromatic rings. The predicted octanol–water partition coefficient (Wildman–Crippen LogP) is 7.29. The quantitative estimate of drug-likeness (QED) is 0.204. The van der Waals surface area contributed by atoms with Gasteiger partial charge in [0.15, 0.2) is 16.1 Å². The molecule has 1 aliphatic heterocycles. The van der Waals surface area contributed by atoms with Crippen molar-refractivity contribution in [3.8, 4) is 5.75 Å². The van der Waals surface area contributed by atoms with Gasteiger partial charge >= 0.3 is 0 Å². The summed E-state index contributed by atoms with van der Waals surface area (Å²) in [6.07, 6.45) is 11.0. The Labute approximate surface area is 247 Å². The zero-order valence-electron chi connectivity index (χ0n) is 21.5. The molecule has 5 heterocycles. The molecule has 13 heteroatoms. The van der Waals surface area contributed by atoms with Crippen LogP contribution in [0.2, 0.25) is 5.15 Å². The van der Waals surface area contributed by atoms with Crippen molar-refractivity contribution in [2.24, 2.45) is 0 Å². The SMILES string of the molecule is COc1cc2c(cc1Nc1ncnc3sc(C4CCC4)nc13)SC(=O)C2.Clc1ncnc2sc(C3CCC3)nc12. The van der Waals surface area contributed by atoms with E-state index in [0.29, 0.717) is 35.0 Å². The van der Waals surface area contributed by atoms with E-state index in [-0.39, 0.29) is 5.12 Å². The van der Waals surface area contributed by atoms with E-state index in [4.69, 9.17) is 21.3 Å². The van der Waals surface area contributed by atoms with Crippen molar-refractivity contribution in [3.05, 3.63) is 45.5 Å². The third-order valence-electron chi connectivity index (χ3n) is 7.48. The zero-order chi connectivity index (χ0) is 27.2. The van der Waals surface area contributed by atoms with Gasteiger partial charge in [-0.1, -0.05) is 58.9 Å². The number of nitrogens with zero attached hydrogens (tertiary/aromatic N) is 6. The van der Waals surface area contributed by atoms with Crippen molar-refractivity contribution in [1.29, 1.82) is 0 Å². The van der Waals surface area contributed by atoms with Crippen LogP contribution in [0.15, 0.2) is 29.7 Å². The van der Waals surface area contributed by atoms with Gasteiger partial charge < -0.3 is 10.1 Å². The molecule has 0 atom stereocenters. The number of thioether (sulfide) groups is 1. The Balaban J connectivity index is 0.000000159. The minimum atomic E-state index is 0.160. The highest BCUT2D eigenvalue weighted by Gasteiger charge is 2.26. The molecule has 1 aromatic carbocycles. The first kappa shape index (κ1) is 26.0. The van der Waals surface area contributed by atoms with E-state index < -0.39 is 0 Å². The first-order chi connectivity index (χ1) is 19.6. The molecular formula is C27H24ClN7O2S3. The third kappa shape index (κ3) is 4.91. The van der Waals surface area contributed by atoms with Crippen LogP contribution in [0.5, 0.6) is 5.75 Å². The van der Waals surface area contributed by atoms with Crippen LogP contribution in [0, 0.1) is 0 Å². The fraction of sp³-hybridized carbons (Fsp3) is 0.370. The third-order valence-corrected chi connectivity index (χ3v) is 11.0. The van der Waals surface area contributed by atoms with Gasteiger partial charge in [0.05, 0.1) is 22.8 Å². The number of rotatable bonds is 5. The summed E-state index contributed by atoms with van der Waals surface area (Å²) in [7, 11) is 1.63. The van der Waals surface area contributed by atoms with E-state index in [1.54, 1.807) is 36.1 Å². The van der Waals surface area contributed by atoms with Gasteiger partial charge in [0, 0.05) is 23.2 Å². The number of aromatic nitrogens is 6. The summed E-state index contributed by atoms with van der Waals surface area (Å²) in [6, 6.07) is 3.88. The van der Waals surface area contributed by atoms with Gasteiger partial charge in [0.2, 0.25) is 0 Å². The van der Waals surface area contributed by atoms with Crippen LogP contribution >= 0.6 is 46.0 Å². The molecule has 0 radical (unpaired) electrons. The summed E-state index contributed by atoms with van der Waals surface area (Å²) >= 11 is 10.5. The van der Waals surface area contributed by atoms with Gasteiger partial charge in [-0.05, 0) is 43.4 Å². The van der Waals surface area contributed by atoms with E-state index in [1.165, 1.54) is 61.6 Å². The van der Waals surface area contributed by atoms with Gasteiger partial charge in [0.25, 0.3) is 0 Å². The average Bonchev–Trinajstić information content (AvgIpc) is 3.58. The molecule has 204 valence electrons. The molecule has 0 unspecified atom stereocenters. The lowest BCUT2D eigenvalue weighted by Crippen LogP contribution is -2.07. The lowest BCUT2D eigenvalue weighted by atomic mass is 9.86. The number of nitrogens with one attached hydrogen (secondary N) is 1. The van der Waals surface area contributed by atoms with Gasteiger partial charge in [-0.15, -0.1) is 0 Å². The molecule has 8 rings (SSSR count). The molecule has 9 nitrogen and oxygen atoms in total. The number of fused-ring (bicyclic) bond motifs is 3. The van der Waals surface area contributed by atoms with Gasteiger partial charge in [-0.2, -0.15) is 0 Å². The van der Waals surface area contributed by atoms with Crippen molar-refractivity contribution in [2.45, 2.75) is 61.7 Å². The number of halogens is 1. The summed E-state index contributed by atoms with van der Waals surface area (Å²) < 4.78 is 5.52. The Hall–Kier alpha value is -2.93. The number of hydrogen-bond acceptors (Lipinski definition) is 12. The molecule has 0 amide bonds. The zero-order valence-corrected chi connectivity index (χ0v) is 24.7. The van der Waals surface area contributed by atoms with Gasteiger partial charge in [-0.25, -0.2) is 29.9 Å². The lowest BCUT2D eigenvalue weighted by Gasteiger charge is -2.22. The van der Waals surface area contributed by atoms with E-state index in [0.717, 1.165) is 41.8 Å². The summed E-state index contributed by atoms with van der Waals surface area (Å²) in [4.78, 5) is 40.7. The number of benzene rings is 1. The molecule has 0 spiro atoms.